The number of rotatable bonds is 6. The molecule has 0 amide bonds. The Morgan fingerprint density at radius 3 is 1.56 bits per heavy atom. The standard InChI is InChI=1S/C26H39N4P2Si.C5H5.Fe/c1-24(2,3)32(25(4,5)6)18-19-14-20(33(7,8)9)15-21(19)26(31,22-16-27-10-12-29-22)23-17-28-11-13-30-23;1-2-4-5-3-1;/h10-17H,18,31H2,1-9H3;1-5H;/q-1;-5;. The summed E-state index contributed by atoms with van der Waals surface area (Å²) in [5.41, 5.74) is 4.43. The van der Waals surface area contributed by atoms with E-state index >= 15 is 0 Å². The molecule has 0 bridgehead atoms. The van der Waals surface area contributed by atoms with Crippen LogP contribution < -0.4 is 5.19 Å². The number of hydrogen-bond donors (Lipinski definition) is 0. The van der Waals surface area contributed by atoms with Gasteiger partial charge in [0.05, 0.1) is 16.5 Å². The van der Waals surface area contributed by atoms with E-state index in [1.54, 1.807) is 24.8 Å². The van der Waals surface area contributed by atoms with Gasteiger partial charge in [0.25, 0.3) is 0 Å². The van der Waals surface area contributed by atoms with Gasteiger partial charge in [-0.25, -0.2) is 11.3 Å². The first-order valence-corrected chi connectivity index (χ1v) is 18.8. The Balaban J connectivity index is 0.000000797. The van der Waals surface area contributed by atoms with E-state index in [1.807, 2.05) is 42.7 Å². The van der Waals surface area contributed by atoms with Crippen LogP contribution in [-0.2, 0) is 28.4 Å². The van der Waals surface area contributed by atoms with Crippen molar-refractivity contribution in [1.29, 1.82) is 0 Å². The van der Waals surface area contributed by atoms with Gasteiger partial charge < -0.3 is 30.3 Å². The molecule has 4 aromatic rings. The third-order valence-electron chi connectivity index (χ3n) is 6.70. The van der Waals surface area contributed by atoms with Gasteiger partial charge in [-0.1, -0.05) is 67.3 Å². The Labute approximate surface area is 251 Å². The topological polar surface area (TPSA) is 51.6 Å². The van der Waals surface area contributed by atoms with Crippen LogP contribution in [0.2, 0.25) is 19.6 Å². The van der Waals surface area contributed by atoms with E-state index in [2.05, 4.69) is 92.5 Å². The Bertz CT molecular complexity index is 1190. The van der Waals surface area contributed by atoms with Crippen molar-refractivity contribution in [3.63, 3.8) is 0 Å². The van der Waals surface area contributed by atoms with Gasteiger partial charge >= 0.3 is 0 Å². The molecular formula is C31H44FeN4P2Si-6. The summed E-state index contributed by atoms with van der Waals surface area (Å²) in [6.07, 6.45) is 11.8. The fourth-order valence-corrected chi connectivity index (χ4v) is 10.2. The quantitative estimate of drug-likeness (QED) is 0.126. The average Bonchev–Trinajstić information content (AvgIpc) is 3.55. The second-order valence-corrected chi connectivity index (χ2v) is 22.6. The number of aromatic nitrogens is 4. The van der Waals surface area contributed by atoms with Crippen molar-refractivity contribution in [1.82, 2.24) is 19.9 Å². The Kier molecular flexibility index (Phi) is 11.6. The van der Waals surface area contributed by atoms with Crippen LogP contribution in [0.5, 0.6) is 0 Å². The van der Waals surface area contributed by atoms with Gasteiger partial charge in [-0.2, -0.15) is 6.07 Å². The second-order valence-electron chi connectivity index (χ2n) is 12.8. The molecule has 2 heterocycles. The molecular weight excluding hydrogens is 574 g/mol. The number of nitrogens with zero attached hydrogens (tertiary/aromatic N) is 4. The zero-order valence-corrected chi connectivity index (χ0v) is 29.0. The maximum Gasteiger partial charge on any atom is 0.0769 e. The van der Waals surface area contributed by atoms with Gasteiger partial charge in [0, 0.05) is 62.3 Å². The van der Waals surface area contributed by atoms with Gasteiger partial charge in [-0.15, -0.1) is 28.3 Å². The maximum absolute atomic E-state index is 4.76. The van der Waals surface area contributed by atoms with Crippen molar-refractivity contribution in [2.45, 2.75) is 82.8 Å². The largest absolute Gasteiger partial charge is 0.748 e. The van der Waals surface area contributed by atoms with E-state index in [0.717, 1.165) is 17.5 Å². The normalized spacial score (nSPS) is 12.5. The molecule has 2 aromatic heterocycles. The van der Waals surface area contributed by atoms with Gasteiger partial charge in [-0.3, -0.25) is 19.9 Å². The molecule has 0 N–H and O–H groups in total. The third kappa shape index (κ3) is 8.48. The van der Waals surface area contributed by atoms with E-state index in [0.29, 0.717) is 0 Å². The fourth-order valence-electron chi connectivity index (χ4n) is 4.87. The van der Waals surface area contributed by atoms with Crippen LogP contribution in [0.15, 0.2) is 79.6 Å². The Morgan fingerprint density at radius 2 is 1.23 bits per heavy atom. The Morgan fingerprint density at radius 1 is 0.795 bits per heavy atom. The van der Waals surface area contributed by atoms with E-state index in [9.17, 15) is 0 Å². The van der Waals surface area contributed by atoms with Crippen molar-refractivity contribution in [2.75, 3.05) is 0 Å². The van der Waals surface area contributed by atoms with Crippen LogP contribution >= 0.6 is 17.2 Å². The predicted molar refractivity (Wildman–Crippen MR) is 171 cm³/mol. The van der Waals surface area contributed by atoms with Crippen molar-refractivity contribution >= 4 is 30.4 Å². The summed E-state index contributed by atoms with van der Waals surface area (Å²) in [5, 5.41) is 1.35. The Hall–Kier alpha value is -1.54. The van der Waals surface area contributed by atoms with E-state index in [4.69, 9.17) is 9.97 Å². The van der Waals surface area contributed by atoms with E-state index < -0.39 is 13.2 Å². The molecule has 4 rings (SSSR count). The molecule has 0 radical (unpaired) electrons. The summed E-state index contributed by atoms with van der Waals surface area (Å²) in [6.45, 7) is 21.6. The number of hydrogen-bond acceptors (Lipinski definition) is 4. The van der Waals surface area contributed by atoms with Crippen LogP contribution in [0, 0.1) is 0 Å². The van der Waals surface area contributed by atoms with Crippen LogP contribution in [0.3, 0.4) is 0 Å². The summed E-state index contributed by atoms with van der Waals surface area (Å²) >= 11 is 0. The minimum Gasteiger partial charge on any atom is -0.748 e. The molecule has 2 aromatic carbocycles. The molecule has 1 unspecified atom stereocenters. The third-order valence-corrected chi connectivity index (χ3v) is 13.5. The van der Waals surface area contributed by atoms with Gasteiger partial charge in [0.1, 0.15) is 0 Å². The van der Waals surface area contributed by atoms with Crippen LogP contribution in [0.25, 0.3) is 0 Å². The molecule has 39 heavy (non-hydrogen) atoms. The van der Waals surface area contributed by atoms with Crippen molar-refractivity contribution < 1.29 is 17.1 Å². The smallest absolute Gasteiger partial charge is 0.0769 e. The van der Waals surface area contributed by atoms with E-state index in [1.165, 1.54) is 16.3 Å². The zero-order valence-electron chi connectivity index (χ0n) is 24.9. The van der Waals surface area contributed by atoms with Crippen molar-refractivity contribution in [3.8, 4) is 0 Å². The van der Waals surface area contributed by atoms with Gasteiger partial charge in [0.15, 0.2) is 0 Å². The summed E-state index contributed by atoms with van der Waals surface area (Å²) < 4.78 is 0. The van der Waals surface area contributed by atoms with Gasteiger partial charge in [-0.05, 0) is 10.3 Å². The minimum atomic E-state index is -1.54. The van der Waals surface area contributed by atoms with Crippen LogP contribution in [0.4, 0.5) is 0 Å². The summed E-state index contributed by atoms with van der Waals surface area (Å²) in [6, 6.07) is 14.9. The first-order chi connectivity index (χ1) is 17.6. The predicted octanol–water partition coefficient (Wildman–Crippen LogP) is 7.68. The molecule has 0 aliphatic rings. The summed E-state index contributed by atoms with van der Waals surface area (Å²) in [5.74, 6) is 0. The van der Waals surface area contributed by atoms with Crippen molar-refractivity contribution in [3.05, 3.63) is 102 Å². The summed E-state index contributed by atoms with van der Waals surface area (Å²) in [4.78, 5) is 18.3. The molecule has 0 aliphatic carbocycles. The molecule has 0 spiro atoms. The molecule has 1 atom stereocenters. The maximum atomic E-state index is 4.76. The monoisotopic (exact) mass is 618 g/mol. The fraction of sp³-hybridized carbons (Fsp3) is 0.419. The van der Waals surface area contributed by atoms with Crippen LogP contribution in [0.1, 0.15) is 64.1 Å². The molecule has 0 aliphatic heterocycles. The average molecular weight is 619 g/mol. The molecule has 0 fully saturated rings. The first-order valence-electron chi connectivity index (χ1n) is 13.2. The molecule has 0 saturated carbocycles. The van der Waals surface area contributed by atoms with Crippen molar-refractivity contribution in [2.24, 2.45) is 0 Å². The van der Waals surface area contributed by atoms with E-state index in [-0.39, 0.29) is 35.3 Å². The SMILES string of the molecule is CC(C)(C)P(C[c-]1cc([Si](C)(C)C)cc1C(P)(c1cnccn1)c1cnccn1)C(C)(C)C.[Fe].[cH-]1[cH-][cH-][cH-][cH-]1. The second kappa shape index (κ2) is 13.4. The molecule has 0 saturated heterocycles. The molecule has 216 valence electrons. The molecule has 8 heteroatoms. The molecule has 4 nitrogen and oxygen atoms in total. The van der Waals surface area contributed by atoms with Gasteiger partial charge in [0.2, 0.25) is 0 Å². The first kappa shape index (κ1) is 33.7. The zero-order chi connectivity index (χ0) is 28.2. The summed E-state index contributed by atoms with van der Waals surface area (Å²) in [7, 11) is 1.24. The van der Waals surface area contributed by atoms with Crippen LogP contribution in [-0.4, -0.2) is 38.3 Å². The minimum absolute atomic E-state index is 0.